The van der Waals surface area contributed by atoms with E-state index < -0.39 is 10.0 Å². The summed E-state index contributed by atoms with van der Waals surface area (Å²) in [6.07, 6.45) is 11.1. The Kier molecular flexibility index (Phi) is 10.5. The molecule has 0 radical (unpaired) electrons. The lowest BCUT2D eigenvalue weighted by Crippen LogP contribution is -2.36. The maximum atomic E-state index is 14.1. The third-order valence-corrected chi connectivity index (χ3v) is 12.2. The Hall–Kier alpha value is -4.09. The van der Waals surface area contributed by atoms with Crippen molar-refractivity contribution in [3.63, 3.8) is 0 Å². The van der Waals surface area contributed by atoms with Crippen LogP contribution in [-0.4, -0.2) is 61.3 Å². The highest BCUT2D eigenvalue weighted by atomic mass is 32.2. The first-order chi connectivity index (χ1) is 24.9. The van der Waals surface area contributed by atoms with Gasteiger partial charge in [0.05, 0.1) is 48.5 Å². The Morgan fingerprint density at radius 3 is 2.40 bits per heavy atom. The summed E-state index contributed by atoms with van der Waals surface area (Å²) in [6, 6.07) is 13.6. The normalized spacial score (nSPS) is 20.8. The minimum absolute atomic E-state index is 0.00863. The molecule has 2 aliphatic heterocycles. The summed E-state index contributed by atoms with van der Waals surface area (Å²) in [7, 11) is -4.04. The van der Waals surface area contributed by atoms with Crippen LogP contribution < -0.4 is 14.4 Å². The van der Waals surface area contributed by atoms with Crippen LogP contribution in [0.4, 0.5) is 11.6 Å². The highest BCUT2D eigenvalue weighted by molar-refractivity contribution is 7.92. The number of hydrogen-bond donors (Lipinski definition) is 1. The van der Waals surface area contributed by atoms with E-state index in [1.165, 1.54) is 31.2 Å². The van der Waals surface area contributed by atoms with Crippen molar-refractivity contribution in [1.29, 1.82) is 0 Å². The second-order valence-corrected chi connectivity index (χ2v) is 17.8. The number of hydrogen-bond acceptors (Lipinski definition) is 9. The molecule has 1 N–H and O–H groups in total. The predicted octanol–water partition coefficient (Wildman–Crippen LogP) is 7.69. The number of morpholine rings is 1. The minimum Gasteiger partial charge on any atom is -0.477 e. The molecule has 1 aliphatic carbocycles. The van der Waals surface area contributed by atoms with E-state index >= 15 is 0 Å². The summed E-state index contributed by atoms with van der Waals surface area (Å²) in [6.45, 7) is 14.2. The van der Waals surface area contributed by atoms with Crippen LogP contribution in [-0.2, 0) is 27.6 Å². The number of aromatic nitrogens is 4. The number of nitrogens with one attached hydrogen (secondary N) is 1. The molecule has 0 amide bonds. The van der Waals surface area contributed by atoms with E-state index in [-0.39, 0.29) is 28.1 Å². The molecule has 2 fully saturated rings. The average molecular weight is 725 g/mol. The third kappa shape index (κ3) is 8.26. The predicted molar refractivity (Wildman–Crippen MR) is 204 cm³/mol. The molecule has 11 heteroatoms. The minimum atomic E-state index is -4.04. The van der Waals surface area contributed by atoms with Crippen molar-refractivity contribution in [1.82, 2.24) is 19.9 Å². The Balaban J connectivity index is 1.30. The molecule has 1 saturated carbocycles. The Labute approximate surface area is 308 Å². The van der Waals surface area contributed by atoms with Crippen molar-refractivity contribution in [2.45, 2.75) is 90.4 Å². The van der Waals surface area contributed by atoms with Gasteiger partial charge in [-0.1, -0.05) is 76.8 Å². The fourth-order valence-corrected chi connectivity index (χ4v) is 9.26. The first-order valence-corrected chi connectivity index (χ1v) is 20.3. The molecule has 0 spiro atoms. The van der Waals surface area contributed by atoms with E-state index in [0.29, 0.717) is 49.6 Å². The van der Waals surface area contributed by atoms with Gasteiger partial charge in [0.2, 0.25) is 11.8 Å². The van der Waals surface area contributed by atoms with Gasteiger partial charge in [-0.05, 0) is 72.8 Å². The van der Waals surface area contributed by atoms with Gasteiger partial charge < -0.3 is 14.4 Å². The van der Waals surface area contributed by atoms with Crippen molar-refractivity contribution < 1.29 is 17.9 Å². The van der Waals surface area contributed by atoms with E-state index in [1.807, 2.05) is 31.5 Å². The fourth-order valence-electron chi connectivity index (χ4n) is 8.26. The van der Waals surface area contributed by atoms with Crippen molar-refractivity contribution in [2.24, 2.45) is 17.3 Å². The molecule has 2 atom stereocenters. The SMILES string of the molecule is Cc1cccc(CC2CCCC2)c1-c1nc2nc(c1C)OC[C@@H](CC(C)(C)C)C(Cc1ncc(N3CCOCC3)cn1)c1cccc(c1)S(=O)(=O)N2. The van der Waals surface area contributed by atoms with Crippen LogP contribution in [0.2, 0.25) is 0 Å². The van der Waals surface area contributed by atoms with Crippen molar-refractivity contribution >= 4 is 21.7 Å². The molecule has 4 aromatic rings. The Morgan fingerprint density at radius 1 is 0.942 bits per heavy atom. The lowest BCUT2D eigenvalue weighted by atomic mass is 9.75. The lowest BCUT2D eigenvalue weighted by Gasteiger charge is -2.33. The zero-order chi connectivity index (χ0) is 36.5. The summed E-state index contributed by atoms with van der Waals surface area (Å²) in [5.74, 6) is 1.61. The van der Waals surface area contributed by atoms with Gasteiger partial charge >= 0.3 is 0 Å². The second-order valence-electron chi connectivity index (χ2n) is 16.1. The number of rotatable bonds is 7. The number of benzene rings is 2. The van der Waals surface area contributed by atoms with Crippen molar-refractivity contribution in [3.05, 3.63) is 82.9 Å². The highest BCUT2D eigenvalue weighted by Crippen LogP contribution is 2.40. The number of ether oxygens (including phenoxy) is 2. The largest absolute Gasteiger partial charge is 0.477 e. The summed E-state index contributed by atoms with van der Waals surface area (Å²) in [5, 5.41) is 0. The van der Waals surface area contributed by atoms with Crippen LogP contribution in [0.1, 0.15) is 86.9 Å². The molecule has 3 aliphatic rings. The van der Waals surface area contributed by atoms with Crippen molar-refractivity contribution in [3.8, 4) is 17.1 Å². The van der Waals surface area contributed by atoms with E-state index in [0.717, 1.165) is 53.9 Å². The van der Waals surface area contributed by atoms with Crippen LogP contribution in [0, 0.1) is 31.1 Å². The average Bonchev–Trinajstić information content (AvgIpc) is 3.63. The highest BCUT2D eigenvalue weighted by Gasteiger charge is 2.32. The first kappa shape index (κ1) is 36.3. The molecule has 1 saturated heterocycles. The molecule has 1 unspecified atom stereocenters. The quantitative estimate of drug-likeness (QED) is 0.205. The van der Waals surface area contributed by atoms with Crippen LogP contribution in [0.15, 0.2) is 59.8 Å². The molecule has 4 heterocycles. The molecular weight excluding hydrogens is 673 g/mol. The lowest BCUT2D eigenvalue weighted by molar-refractivity contribution is 0.122. The molecule has 2 aromatic carbocycles. The third-order valence-electron chi connectivity index (χ3n) is 10.9. The second kappa shape index (κ2) is 15.1. The molecular formula is C41H52N6O4S. The number of anilines is 2. The standard InChI is InChI=1S/C41H52N6O4S/c1-27-10-8-14-31(20-29-11-6-7-12-29)37(27)38-28(2)39-45-40(44-38)46-52(48,49)34-15-9-13-30(21-34)35(32(26-51-39)23-41(3,4)5)22-36-42-24-33(25-43-36)47-16-18-50-19-17-47/h8-10,13-15,21,24-25,29,32,35H,6-7,11-12,16-20,22-23,26H2,1-5H3,(H,44,45,46)/t32-,35?/m1/s1. The molecule has 276 valence electrons. The summed E-state index contributed by atoms with van der Waals surface area (Å²) in [5.41, 5.74) is 6.71. The Bertz CT molecular complexity index is 1980. The zero-order valence-electron chi connectivity index (χ0n) is 31.2. The monoisotopic (exact) mass is 724 g/mol. The van der Waals surface area contributed by atoms with Gasteiger partial charge in [0, 0.05) is 36.6 Å². The molecule has 52 heavy (non-hydrogen) atoms. The van der Waals surface area contributed by atoms with Gasteiger partial charge in [0.15, 0.2) is 0 Å². The first-order valence-electron chi connectivity index (χ1n) is 18.8. The van der Waals surface area contributed by atoms with Gasteiger partial charge in [0.1, 0.15) is 5.82 Å². The number of nitrogens with zero attached hydrogens (tertiary/aromatic N) is 5. The summed E-state index contributed by atoms with van der Waals surface area (Å²) < 4.78 is 43.1. The van der Waals surface area contributed by atoms with E-state index in [9.17, 15) is 8.42 Å². The van der Waals surface area contributed by atoms with Gasteiger partial charge in [-0.25, -0.2) is 28.1 Å². The van der Waals surface area contributed by atoms with E-state index in [4.69, 9.17) is 29.4 Å². The van der Waals surface area contributed by atoms with Crippen molar-refractivity contribution in [2.75, 3.05) is 42.5 Å². The van der Waals surface area contributed by atoms with Crippen LogP contribution in [0.25, 0.3) is 11.3 Å². The molecule has 7 rings (SSSR count). The topological polar surface area (TPSA) is 119 Å². The van der Waals surface area contributed by atoms with Gasteiger partial charge in [-0.15, -0.1) is 0 Å². The van der Waals surface area contributed by atoms with Crippen LogP contribution >= 0.6 is 0 Å². The van der Waals surface area contributed by atoms with Crippen LogP contribution in [0.5, 0.6) is 5.88 Å². The number of aryl methyl sites for hydroxylation is 1. The summed E-state index contributed by atoms with van der Waals surface area (Å²) >= 11 is 0. The molecule has 2 aromatic heterocycles. The van der Waals surface area contributed by atoms with E-state index in [2.05, 4.69) is 55.5 Å². The Morgan fingerprint density at radius 2 is 1.67 bits per heavy atom. The van der Waals surface area contributed by atoms with Crippen LogP contribution in [0.3, 0.4) is 0 Å². The van der Waals surface area contributed by atoms with Gasteiger partial charge in [-0.2, -0.15) is 4.98 Å². The maximum absolute atomic E-state index is 14.1. The molecule has 10 nitrogen and oxygen atoms in total. The van der Waals surface area contributed by atoms with E-state index in [1.54, 1.807) is 12.1 Å². The van der Waals surface area contributed by atoms with Gasteiger partial charge in [-0.3, -0.25) is 0 Å². The smallest absolute Gasteiger partial charge is 0.264 e. The number of sulfonamides is 1. The molecule has 4 bridgehead atoms. The number of fused-ring (bicyclic) bond motifs is 4. The zero-order valence-corrected chi connectivity index (χ0v) is 32.0. The van der Waals surface area contributed by atoms with Gasteiger partial charge in [0.25, 0.3) is 10.0 Å². The summed E-state index contributed by atoms with van der Waals surface area (Å²) in [4.78, 5) is 21.7. The fraction of sp³-hybridized carbons (Fsp3) is 0.512. The maximum Gasteiger partial charge on any atom is 0.264 e.